The molecule has 5 nitrogen and oxygen atoms in total. The van der Waals surface area contributed by atoms with Crippen LogP contribution in [0.15, 0.2) is 6.20 Å². The third kappa shape index (κ3) is 2.55. The van der Waals surface area contributed by atoms with Gasteiger partial charge in [-0.25, -0.2) is 9.97 Å². The van der Waals surface area contributed by atoms with Gasteiger partial charge in [-0.3, -0.25) is 0 Å². The number of hydrogen-bond acceptors (Lipinski definition) is 5. The molecule has 0 bridgehead atoms. The Morgan fingerprint density at radius 2 is 2.31 bits per heavy atom. The number of aromatic nitrogens is 2. The largest absolute Gasteiger partial charge is 0.381 e. The van der Waals surface area contributed by atoms with Gasteiger partial charge in [0.25, 0.3) is 0 Å². The fraction of sp³-hybridized carbons (Fsp3) is 0.500. The second kappa shape index (κ2) is 4.61. The summed E-state index contributed by atoms with van der Waals surface area (Å²) in [4.78, 5) is 8.01. The zero-order chi connectivity index (χ0) is 9.68. The first kappa shape index (κ1) is 9.73. The maximum atomic E-state index is 5.46. The minimum Gasteiger partial charge on any atom is -0.381 e. The third-order valence-corrected chi connectivity index (χ3v) is 1.68. The Morgan fingerprint density at radius 1 is 1.54 bits per heavy atom. The molecule has 0 spiro atoms. The SMILES string of the molecule is CCc1nc(N)ncc1NCCN. The number of nitrogens with two attached hydrogens (primary N) is 2. The maximum Gasteiger partial charge on any atom is 0.220 e. The Labute approximate surface area is 77.6 Å². The van der Waals surface area contributed by atoms with Crippen LogP contribution in [-0.2, 0) is 6.42 Å². The Kier molecular flexibility index (Phi) is 3.45. The zero-order valence-electron chi connectivity index (χ0n) is 7.75. The molecule has 0 saturated heterocycles. The number of rotatable bonds is 4. The van der Waals surface area contributed by atoms with Gasteiger partial charge < -0.3 is 16.8 Å². The van der Waals surface area contributed by atoms with Gasteiger partial charge in [-0.05, 0) is 6.42 Å². The number of nitrogens with one attached hydrogen (secondary N) is 1. The van der Waals surface area contributed by atoms with Crippen LogP contribution in [0.2, 0.25) is 0 Å². The van der Waals surface area contributed by atoms with Crippen LogP contribution in [0, 0.1) is 0 Å². The van der Waals surface area contributed by atoms with Crippen LogP contribution in [0.5, 0.6) is 0 Å². The molecule has 1 aromatic rings. The van der Waals surface area contributed by atoms with E-state index in [4.69, 9.17) is 11.5 Å². The van der Waals surface area contributed by atoms with Crippen LogP contribution in [0.25, 0.3) is 0 Å². The second-order valence-electron chi connectivity index (χ2n) is 2.66. The number of anilines is 2. The Bertz CT molecular complexity index is 273. The molecule has 0 radical (unpaired) electrons. The summed E-state index contributed by atoms with van der Waals surface area (Å²) in [6.45, 7) is 3.34. The molecule has 5 heteroatoms. The lowest BCUT2D eigenvalue weighted by Gasteiger charge is -2.08. The lowest BCUT2D eigenvalue weighted by Crippen LogP contribution is -2.15. The average Bonchev–Trinajstić information content (AvgIpc) is 2.16. The molecule has 1 aromatic heterocycles. The van der Waals surface area contributed by atoms with E-state index < -0.39 is 0 Å². The molecule has 5 N–H and O–H groups in total. The minimum atomic E-state index is 0.315. The van der Waals surface area contributed by atoms with Crippen LogP contribution >= 0.6 is 0 Å². The fourth-order valence-corrected chi connectivity index (χ4v) is 1.06. The van der Waals surface area contributed by atoms with E-state index >= 15 is 0 Å². The van der Waals surface area contributed by atoms with Gasteiger partial charge in [0, 0.05) is 13.1 Å². The monoisotopic (exact) mass is 181 g/mol. The summed E-state index contributed by atoms with van der Waals surface area (Å²) in [7, 11) is 0. The lowest BCUT2D eigenvalue weighted by molar-refractivity contribution is 0.973. The normalized spacial score (nSPS) is 10.0. The van der Waals surface area contributed by atoms with E-state index in [0.29, 0.717) is 12.5 Å². The Hall–Kier alpha value is -1.36. The molecule has 0 aliphatic heterocycles. The topological polar surface area (TPSA) is 89.8 Å². The Morgan fingerprint density at radius 3 is 2.92 bits per heavy atom. The van der Waals surface area contributed by atoms with Crippen molar-refractivity contribution in [2.75, 3.05) is 24.1 Å². The van der Waals surface area contributed by atoms with Crippen molar-refractivity contribution in [2.45, 2.75) is 13.3 Å². The van der Waals surface area contributed by atoms with Crippen molar-refractivity contribution in [1.29, 1.82) is 0 Å². The van der Waals surface area contributed by atoms with Gasteiger partial charge in [-0.15, -0.1) is 0 Å². The predicted octanol–water partition coefficient (Wildman–Crippen LogP) is -0.00820. The van der Waals surface area contributed by atoms with Crippen LogP contribution < -0.4 is 16.8 Å². The van der Waals surface area contributed by atoms with Crippen molar-refractivity contribution in [3.05, 3.63) is 11.9 Å². The Balaban J connectivity index is 2.79. The van der Waals surface area contributed by atoms with Crippen LogP contribution in [-0.4, -0.2) is 23.1 Å². The molecular weight excluding hydrogens is 166 g/mol. The summed E-state index contributed by atoms with van der Waals surface area (Å²) in [5.41, 5.74) is 12.7. The van der Waals surface area contributed by atoms with Crippen LogP contribution in [0.1, 0.15) is 12.6 Å². The van der Waals surface area contributed by atoms with Crippen LogP contribution in [0.4, 0.5) is 11.6 Å². The van der Waals surface area contributed by atoms with E-state index in [9.17, 15) is 0 Å². The van der Waals surface area contributed by atoms with E-state index in [1.807, 2.05) is 6.92 Å². The van der Waals surface area contributed by atoms with Gasteiger partial charge in [0.1, 0.15) is 0 Å². The van der Waals surface area contributed by atoms with Crippen molar-refractivity contribution in [3.63, 3.8) is 0 Å². The van der Waals surface area contributed by atoms with Gasteiger partial charge in [-0.1, -0.05) is 6.92 Å². The van der Waals surface area contributed by atoms with Gasteiger partial charge in [-0.2, -0.15) is 0 Å². The average molecular weight is 181 g/mol. The molecule has 0 fully saturated rings. The quantitative estimate of drug-likeness (QED) is 0.608. The highest BCUT2D eigenvalue weighted by molar-refractivity contribution is 5.47. The molecule has 72 valence electrons. The first-order chi connectivity index (χ1) is 6.27. The van der Waals surface area contributed by atoms with Crippen molar-refractivity contribution in [1.82, 2.24) is 9.97 Å². The van der Waals surface area contributed by atoms with E-state index in [-0.39, 0.29) is 0 Å². The predicted molar refractivity (Wildman–Crippen MR) is 53.4 cm³/mol. The van der Waals surface area contributed by atoms with Crippen LogP contribution in [0.3, 0.4) is 0 Å². The van der Waals surface area contributed by atoms with E-state index in [1.165, 1.54) is 0 Å². The number of nitrogens with zero attached hydrogens (tertiary/aromatic N) is 2. The van der Waals surface area contributed by atoms with Crippen molar-refractivity contribution < 1.29 is 0 Å². The summed E-state index contributed by atoms with van der Waals surface area (Å²) < 4.78 is 0. The molecule has 0 atom stereocenters. The van der Waals surface area contributed by atoms with E-state index in [2.05, 4.69) is 15.3 Å². The lowest BCUT2D eigenvalue weighted by atomic mass is 10.3. The number of aryl methyl sites for hydroxylation is 1. The summed E-state index contributed by atoms with van der Waals surface area (Å²) in [5, 5.41) is 3.14. The minimum absolute atomic E-state index is 0.315. The highest BCUT2D eigenvalue weighted by Gasteiger charge is 2.02. The molecule has 0 aliphatic carbocycles. The van der Waals surface area contributed by atoms with Crippen molar-refractivity contribution >= 4 is 11.6 Å². The molecule has 13 heavy (non-hydrogen) atoms. The van der Waals surface area contributed by atoms with E-state index in [1.54, 1.807) is 6.20 Å². The molecule has 0 saturated carbocycles. The summed E-state index contributed by atoms with van der Waals surface area (Å²) in [6.07, 6.45) is 2.52. The summed E-state index contributed by atoms with van der Waals surface area (Å²) >= 11 is 0. The standard InChI is InChI=1S/C8H15N5/c1-2-6-7(11-4-3-9)5-12-8(10)13-6/h5,11H,2-4,9H2,1H3,(H2,10,12,13). The van der Waals surface area contributed by atoms with Gasteiger partial charge in [0.2, 0.25) is 5.95 Å². The first-order valence-corrected chi connectivity index (χ1v) is 4.33. The van der Waals surface area contributed by atoms with E-state index in [0.717, 1.165) is 24.3 Å². The number of nitrogen functional groups attached to an aromatic ring is 1. The van der Waals surface area contributed by atoms with Gasteiger partial charge in [0.05, 0.1) is 17.6 Å². The third-order valence-electron chi connectivity index (χ3n) is 1.68. The van der Waals surface area contributed by atoms with Gasteiger partial charge >= 0.3 is 0 Å². The van der Waals surface area contributed by atoms with Crippen molar-refractivity contribution in [3.8, 4) is 0 Å². The molecule has 0 aromatic carbocycles. The number of hydrogen-bond donors (Lipinski definition) is 3. The molecule has 1 heterocycles. The molecule has 0 aliphatic rings. The fourth-order valence-electron chi connectivity index (χ4n) is 1.06. The van der Waals surface area contributed by atoms with Crippen molar-refractivity contribution in [2.24, 2.45) is 5.73 Å². The molecule has 1 rings (SSSR count). The highest BCUT2D eigenvalue weighted by Crippen LogP contribution is 2.12. The smallest absolute Gasteiger partial charge is 0.220 e. The highest BCUT2D eigenvalue weighted by atomic mass is 15.0. The molecule has 0 amide bonds. The summed E-state index contributed by atoms with van der Waals surface area (Å²) in [5.74, 6) is 0.315. The first-order valence-electron chi connectivity index (χ1n) is 4.33. The molecular formula is C8H15N5. The maximum absolute atomic E-state index is 5.46. The van der Waals surface area contributed by atoms with Gasteiger partial charge in [0.15, 0.2) is 0 Å². The molecule has 0 unspecified atom stereocenters. The zero-order valence-corrected chi connectivity index (χ0v) is 7.75. The second-order valence-corrected chi connectivity index (χ2v) is 2.66. The summed E-state index contributed by atoms with van der Waals surface area (Å²) in [6, 6.07) is 0.